The maximum Gasteiger partial charge on any atom is 0.176 e. The molecule has 1 aromatic heterocycles. The van der Waals surface area contributed by atoms with Crippen molar-refractivity contribution in [1.29, 1.82) is 0 Å². The zero-order valence-electron chi connectivity index (χ0n) is 14.8. The van der Waals surface area contributed by atoms with Crippen molar-refractivity contribution < 1.29 is 23.8 Å². The maximum atomic E-state index is 13.4. The van der Waals surface area contributed by atoms with Crippen molar-refractivity contribution in [2.24, 2.45) is 5.16 Å². The third kappa shape index (κ3) is 5.39. The van der Waals surface area contributed by atoms with Gasteiger partial charge in [0, 0.05) is 6.42 Å². The predicted octanol–water partition coefficient (Wildman–Crippen LogP) is 4.24. The van der Waals surface area contributed by atoms with Crippen molar-refractivity contribution in [3.8, 4) is 5.75 Å². The topological polar surface area (TPSA) is 97.8 Å². The van der Waals surface area contributed by atoms with Crippen LogP contribution in [0.5, 0.6) is 5.75 Å². The minimum atomic E-state index is -0.413. The Kier molecular flexibility index (Phi) is 6.95. The number of Topliss-reactive ketones (excluding diaryl/α,β-unsaturated/α-hetero) is 1. The summed E-state index contributed by atoms with van der Waals surface area (Å²) in [5, 5.41) is 20.5. The van der Waals surface area contributed by atoms with Gasteiger partial charge in [-0.2, -0.15) is 0 Å². The van der Waals surface area contributed by atoms with Crippen molar-refractivity contribution in [3.05, 3.63) is 74.7 Å². The van der Waals surface area contributed by atoms with E-state index in [4.69, 9.17) is 21.0 Å². The van der Waals surface area contributed by atoms with Crippen LogP contribution in [0.25, 0.3) is 0 Å². The van der Waals surface area contributed by atoms with Gasteiger partial charge in [-0.3, -0.25) is 4.79 Å². The van der Waals surface area contributed by atoms with E-state index in [0.717, 1.165) is 0 Å². The van der Waals surface area contributed by atoms with Gasteiger partial charge in [0.2, 0.25) is 0 Å². The summed E-state index contributed by atoms with van der Waals surface area (Å²) in [5.41, 5.74) is 1.12. The summed E-state index contributed by atoms with van der Waals surface area (Å²) in [4.78, 5) is 12.3. The molecule has 0 radical (unpaired) electrons. The average molecular weight is 483 g/mol. The lowest BCUT2D eigenvalue weighted by molar-refractivity contribution is -0.120. The molecule has 3 aromatic rings. The number of aromatic nitrogens is 2. The Hall–Kier alpha value is -2.78. The zero-order chi connectivity index (χ0) is 20.8. The van der Waals surface area contributed by atoms with Gasteiger partial charge in [-0.15, -0.1) is 0 Å². The zero-order valence-corrected chi connectivity index (χ0v) is 17.2. The summed E-state index contributed by atoms with van der Waals surface area (Å²) in [6.45, 7) is -0.230. The molecule has 0 bridgehead atoms. The van der Waals surface area contributed by atoms with Gasteiger partial charge in [-0.1, -0.05) is 40.1 Å². The minimum Gasteiger partial charge on any atom is -0.484 e. The molecule has 0 atom stereocenters. The van der Waals surface area contributed by atoms with Crippen molar-refractivity contribution in [3.63, 3.8) is 0 Å². The van der Waals surface area contributed by atoms with Crippen LogP contribution < -0.4 is 4.74 Å². The van der Waals surface area contributed by atoms with Gasteiger partial charge >= 0.3 is 0 Å². The Bertz CT molecular complexity index is 1060. The van der Waals surface area contributed by atoms with Crippen LogP contribution in [-0.4, -0.2) is 33.6 Å². The highest BCUT2D eigenvalue weighted by molar-refractivity contribution is 9.10. The fraction of sp³-hybridized carbons (Fsp3) is 0.158. The molecule has 2 aromatic carbocycles. The van der Waals surface area contributed by atoms with E-state index in [2.05, 4.69) is 31.4 Å². The number of benzene rings is 2. The van der Waals surface area contributed by atoms with Crippen molar-refractivity contribution in [1.82, 2.24) is 10.3 Å². The number of hydrogen-bond acceptors (Lipinski definition) is 7. The van der Waals surface area contributed by atoms with E-state index in [0.29, 0.717) is 16.3 Å². The fourth-order valence-corrected chi connectivity index (χ4v) is 3.13. The molecule has 0 saturated heterocycles. The SMILES string of the molecule is O=C(COc1ccccc1Cl)Cc1nonc1/C(Cc1ccc(F)c(Br)c1)=N/O. The third-order valence-electron chi connectivity index (χ3n) is 3.90. The molecule has 0 saturated carbocycles. The lowest BCUT2D eigenvalue weighted by Gasteiger charge is -2.07. The summed E-state index contributed by atoms with van der Waals surface area (Å²) < 4.78 is 23.8. The highest BCUT2D eigenvalue weighted by Crippen LogP contribution is 2.23. The lowest BCUT2D eigenvalue weighted by atomic mass is 10.0. The molecule has 0 aliphatic rings. The molecular formula is C19H14BrClFN3O4. The summed E-state index contributed by atoms with van der Waals surface area (Å²) in [6.07, 6.45) is -0.0175. The molecule has 0 fully saturated rings. The van der Waals surface area contributed by atoms with Crippen molar-refractivity contribution in [2.45, 2.75) is 12.8 Å². The summed E-state index contributed by atoms with van der Waals surface area (Å²) in [6, 6.07) is 11.2. The molecular weight excluding hydrogens is 469 g/mol. The summed E-state index contributed by atoms with van der Waals surface area (Å²) >= 11 is 9.09. The van der Waals surface area contributed by atoms with Gasteiger partial charge in [0.1, 0.15) is 29.6 Å². The van der Waals surface area contributed by atoms with Gasteiger partial charge in [0.25, 0.3) is 0 Å². The minimum absolute atomic E-state index is 0.125. The van der Waals surface area contributed by atoms with Crippen LogP contribution in [-0.2, 0) is 17.6 Å². The maximum absolute atomic E-state index is 13.4. The molecule has 29 heavy (non-hydrogen) atoms. The number of ether oxygens (including phenoxy) is 1. The van der Waals surface area contributed by atoms with E-state index in [-0.39, 0.29) is 46.8 Å². The number of rotatable bonds is 8. The van der Waals surface area contributed by atoms with Crippen LogP contribution in [0.3, 0.4) is 0 Å². The van der Waals surface area contributed by atoms with Gasteiger partial charge < -0.3 is 9.94 Å². The van der Waals surface area contributed by atoms with E-state index in [1.807, 2.05) is 0 Å². The normalized spacial score (nSPS) is 11.5. The van der Waals surface area contributed by atoms with Crippen LogP contribution >= 0.6 is 27.5 Å². The monoisotopic (exact) mass is 481 g/mol. The van der Waals surface area contributed by atoms with Crippen molar-refractivity contribution >= 4 is 39.0 Å². The molecule has 150 valence electrons. The summed E-state index contributed by atoms with van der Waals surface area (Å²) in [5.74, 6) is -0.326. The smallest absolute Gasteiger partial charge is 0.176 e. The van der Waals surface area contributed by atoms with E-state index < -0.39 is 5.82 Å². The van der Waals surface area contributed by atoms with Gasteiger partial charge in [-0.05, 0) is 50.9 Å². The molecule has 7 nitrogen and oxygen atoms in total. The Morgan fingerprint density at radius 2 is 2.03 bits per heavy atom. The molecule has 0 aliphatic heterocycles. The first-order valence-corrected chi connectivity index (χ1v) is 9.50. The van der Waals surface area contributed by atoms with E-state index in [1.165, 1.54) is 6.07 Å². The van der Waals surface area contributed by atoms with Crippen LogP contribution in [0.4, 0.5) is 4.39 Å². The number of hydrogen-bond donors (Lipinski definition) is 1. The van der Waals surface area contributed by atoms with Crippen LogP contribution in [0.15, 0.2) is 56.7 Å². The number of carbonyl (C=O) groups excluding carboxylic acids is 1. The molecule has 1 N–H and O–H groups in total. The number of carbonyl (C=O) groups is 1. The van der Waals surface area contributed by atoms with Gasteiger partial charge in [0.15, 0.2) is 11.5 Å². The predicted molar refractivity (Wildman–Crippen MR) is 106 cm³/mol. The molecule has 0 unspecified atom stereocenters. The average Bonchev–Trinajstić information content (AvgIpc) is 3.16. The summed E-state index contributed by atoms with van der Waals surface area (Å²) in [7, 11) is 0. The Labute approximate surface area is 178 Å². The second kappa shape index (κ2) is 9.62. The van der Waals surface area contributed by atoms with Gasteiger partial charge in [0.05, 0.1) is 15.9 Å². The standard InChI is InChI=1S/C19H14BrClFN3O4/c20-13-7-11(5-6-15(13)22)8-16(23-27)19-17(24-29-25-19)9-12(26)10-28-18-4-2-1-3-14(18)21/h1-7,27H,8-10H2/b23-16+. The Balaban J connectivity index is 1.68. The molecule has 0 amide bonds. The molecule has 3 rings (SSSR count). The van der Waals surface area contributed by atoms with Crippen LogP contribution in [0.1, 0.15) is 17.0 Å². The first-order valence-electron chi connectivity index (χ1n) is 8.33. The first kappa shape index (κ1) is 20.9. The third-order valence-corrected chi connectivity index (χ3v) is 4.82. The largest absolute Gasteiger partial charge is 0.484 e. The van der Waals surface area contributed by atoms with Crippen LogP contribution in [0.2, 0.25) is 5.02 Å². The Morgan fingerprint density at radius 3 is 2.76 bits per heavy atom. The van der Waals surface area contributed by atoms with Gasteiger partial charge in [-0.25, -0.2) is 9.02 Å². The molecule has 0 aliphatic carbocycles. The fourth-order valence-electron chi connectivity index (χ4n) is 2.51. The molecule has 0 spiro atoms. The van der Waals surface area contributed by atoms with E-state index in [9.17, 15) is 14.4 Å². The van der Waals surface area contributed by atoms with Crippen LogP contribution in [0, 0.1) is 5.82 Å². The molecule has 10 heteroatoms. The quantitative estimate of drug-likeness (QED) is 0.293. The lowest BCUT2D eigenvalue weighted by Crippen LogP contribution is -2.17. The second-order valence-corrected chi connectivity index (χ2v) is 7.23. The molecule has 1 heterocycles. The highest BCUT2D eigenvalue weighted by atomic mass is 79.9. The highest BCUT2D eigenvalue weighted by Gasteiger charge is 2.21. The first-order chi connectivity index (χ1) is 14.0. The van der Waals surface area contributed by atoms with E-state index >= 15 is 0 Å². The number of nitrogens with zero attached hydrogens (tertiary/aromatic N) is 3. The number of para-hydroxylation sites is 1. The van der Waals surface area contributed by atoms with Crippen molar-refractivity contribution in [2.75, 3.05) is 6.61 Å². The van der Waals surface area contributed by atoms with E-state index in [1.54, 1.807) is 36.4 Å². The number of ketones is 1. The number of oxime groups is 1. The second-order valence-electron chi connectivity index (χ2n) is 5.97. The number of halogens is 3. The Morgan fingerprint density at radius 1 is 1.24 bits per heavy atom.